The van der Waals surface area contributed by atoms with Crippen LogP contribution in [0.15, 0.2) is 77.9 Å². The smallest absolute Gasteiger partial charge is 0.343 e. The number of esters is 1. The molecule has 8 heteroatoms. The molecule has 0 radical (unpaired) electrons. The van der Waals surface area contributed by atoms with Crippen molar-refractivity contribution in [2.75, 3.05) is 5.32 Å². The molecule has 0 heterocycles. The number of amides is 2. The van der Waals surface area contributed by atoms with Gasteiger partial charge in [0.15, 0.2) is 0 Å². The summed E-state index contributed by atoms with van der Waals surface area (Å²) in [5, 5.41) is 6.91. The van der Waals surface area contributed by atoms with Crippen LogP contribution in [-0.2, 0) is 9.59 Å². The van der Waals surface area contributed by atoms with Gasteiger partial charge in [-0.2, -0.15) is 5.10 Å². The van der Waals surface area contributed by atoms with Gasteiger partial charge < -0.3 is 10.1 Å². The molecule has 3 aromatic carbocycles. The Bertz CT molecular complexity index is 1170. The Hall–Kier alpha value is -3.97. The molecule has 0 bridgehead atoms. The van der Waals surface area contributed by atoms with Crippen LogP contribution >= 0.6 is 11.6 Å². The van der Waals surface area contributed by atoms with Gasteiger partial charge in [-0.25, -0.2) is 10.2 Å². The molecule has 0 spiro atoms. The molecule has 0 saturated heterocycles. The number of halogens is 1. The van der Waals surface area contributed by atoms with E-state index in [0.717, 1.165) is 5.56 Å². The van der Waals surface area contributed by atoms with Gasteiger partial charge in [-0.05, 0) is 79.6 Å². The molecule has 162 valence electrons. The van der Waals surface area contributed by atoms with Gasteiger partial charge in [0.25, 0.3) is 0 Å². The molecule has 0 unspecified atom stereocenters. The van der Waals surface area contributed by atoms with Crippen LogP contribution in [0.4, 0.5) is 5.69 Å². The van der Waals surface area contributed by atoms with Crippen molar-refractivity contribution < 1.29 is 19.1 Å². The van der Waals surface area contributed by atoms with Gasteiger partial charge in [-0.1, -0.05) is 29.8 Å². The van der Waals surface area contributed by atoms with Crippen molar-refractivity contribution in [1.82, 2.24) is 5.43 Å². The Morgan fingerprint density at radius 2 is 1.53 bits per heavy atom. The van der Waals surface area contributed by atoms with E-state index in [1.54, 1.807) is 67.6 Å². The number of hydrogen-bond donors (Lipinski definition) is 2. The Balaban J connectivity index is 1.57. The molecule has 2 N–H and O–H groups in total. The van der Waals surface area contributed by atoms with E-state index in [1.165, 1.54) is 0 Å². The standard InChI is InChI=1S/C24H20ClN3O4/c1-15-5-3-4-6-21(15)24(31)32-20-13-7-17(8-14-20)16(2)27-28-23(30)22(29)26-19-11-9-18(25)10-12-19/h3-14H,1-2H3,(H,26,29)(H,28,30). The fourth-order valence-electron chi connectivity index (χ4n) is 2.70. The van der Waals surface area contributed by atoms with Crippen LogP contribution in [0, 0.1) is 6.92 Å². The second-order valence-corrected chi connectivity index (χ2v) is 7.26. The van der Waals surface area contributed by atoms with Crippen molar-refractivity contribution in [2.24, 2.45) is 5.10 Å². The number of carbonyl (C=O) groups excluding carboxylic acids is 3. The minimum atomic E-state index is -0.914. The highest BCUT2D eigenvalue weighted by Gasteiger charge is 2.14. The van der Waals surface area contributed by atoms with Crippen LogP contribution in [0.25, 0.3) is 0 Å². The fraction of sp³-hybridized carbons (Fsp3) is 0.0833. The van der Waals surface area contributed by atoms with E-state index in [2.05, 4.69) is 15.8 Å². The average Bonchev–Trinajstić information content (AvgIpc) is 2.79. The van der Waals surface area contributed by atoms with Crippen molar-refractivity contribution in [3.05, 3.63) is 94.5 Å². The lowest BCUT2D eigenvalue weighted by Gasteiger charge is -2.08. The average molecular weight is 450 g/mol. The number of hydrazone groups is 1. The normalized spacial score (nSPS) is 10.9. The highest BCUT2D eigenvalue weighted by Crippen LogP contribution is 2.17. The lowest BCUT2D eigenvalue weighted by atomic mass is 10.1. The number of nitrogens with one attached hydrogen (secondary N) is 2. The summed E-state index contributed by atoms with van der Waals surface area (Å²) in [7, 11) is 0. The molecule has 2 amide bonds. The summed E-state index contributed by atoms with van der Waals surface area (Å²) in [4.78, 5) is 36.2. The molecule has 7 nitrogen and oxygen atoms in total. The SMILES string of the molecule is CC(=NNC(=O)C(=O)Nc1ccc(Cl)cc1)c1ccc(OC(=O)c2ccccc2C)cc1. The van der Waals surface area contributed by atoms with Crippen molar-refractivity contribution in [2.45, 2.75) is 13.8 Å². The molecule has 3 aromatic rings. The fourth-order valence-corrected chi connectivity index (χ4v) is 2.83. The molecule has 0 fully saturated rings. The molecular weight excluding hydrogens is 430 g/mol. The first-order valence-corrected chi connectivity index (χ1v) is 10.0. The maximum Gasteiger partial charge on any atom is 0.343 e. The van der Waals surface area contributed by atoms with Gasteiger partial charge in [0.05, 0.1) is 11.3 Å². The topological polar surface area (TPSA) is 96.9 Å². The van der Waals surface area contributed by atoms with E-state index in [-0.39, 0.29) is 0 Å². The van der Waals surface area contributed by atoms with Crippen molar-refractivity contribution in [3.63, 3.8) is 0 Å². The Morgan fingerprint density at radius 1 is 0.875 bits per heavy atom. The number of hydrogen-bond acceptors (Lipinski definition) is 5. The molecule has 0 saturated carbocycles. The lowest BCUT2D eigenvalue weighted by molar-refractivity contribution is -0.136. The summed E-state index contributed by atoms with van der Waals surface area (Å²) in [6.45, 7) is 3.51. The monoisotopic (exact) mass is 449 g/mol. The van der Waals surface area contributed by atoms with E-state index in [0.29, 0.717) is 33.3 Å². The number of anilines is 1. The van der Waals surface area contributed by atoms with Gasteiger partial charge in [0.2, 0.25) is 0 Å². The Labute approximate surface area is 190 Å². The summed E-state index contributed by atoms with van der Waals surface area (Å²) in [6, 6.07) is 20.2. The summed E-state index contributed by atoms with van der Waals surface area (Å²) in [6.07, 6.45) is 0. The predicted octanol–water partition coefficient (Wildman–Crippen LogP) is 4.35. The zero-order valence-corrected chi connectivity index (χ0v) is 18.1. The largest absolute Gasteiger partial charge is 0.423 e. The van der Waals surface area contributed by atoms with E-state index in [4.69, 9.17) is 16.3 Å². The van der Waals surface area contributed by atoms with E-state index in [9.17, 15) is 14.4 Å². The summed E-state index contributed by atoms with van der Waals surface area (Å²) in [5.41, 5.74) is 5.12. The van der Waals surface area contributed by atoms with Gasteiger partial charge in [0.1, 0.15) is 5.75 Å². The highest BCUT2D eigenvalue weighted by molar-refractivity contribution is 6.39. The van der Waals surface area contributed by atoms with Gasteiger partial charge in [-0.15, -0.1) is 0 Å². The summed E-state index contributed by atoms with van der Waals surface area (Å²) >= 11 is 5.79. The van der Waals surface area contributed by atoms with Gasteiger partial charge in [0, 0.05) is 10.7 Å². The van der Waals surface area contributed by atoms with Crippen molar-refractivity contribution in [1.29, 1.82) is 0 Å². The molecule has 3 rings (SSSR count). The molecule has 0 aliphatic carbocycles. The van der Waals surface area contributed by atoms with Crippen molar-refractivity contribution in [3.8, 4) is 5.75 Å². The maximum atomic E-state index is 12.3. The van der Waals surface area contributed by atoms with Gasteiger partial charge >= 0.3 is 17.8 Å². The second kappa shape index (κ2) is 10.4. The van der Waals surface area contributed by atoms with Crippen LogP contribution in [0.2, 0.25) is 5.02 Å². The quantitative estimate of drug-likeness (QED) is 0.199. The third-order valence-corrected chi connectivity index (χ3v) is 4.73. The van der Waals surface area contributed by atoms with Crippen LogP contribution in [0.1, 0.15) is 28.4 Å². The van der Waals surface area contributed by atoms with Crippen molar-refractivity contribution >= 4 is 40.8 Å². The number of rotatable bonds is 5. The first kappa shape index (κ1) is 22.7. The van der Waals surface area contributed by atoms with E-state index < -0.39 is 17.8 Å². The Morgan fingerprint density at radius 3 is 2.19 bits per heavy atom. The first-order chi connectivity index (χ1) is 15.3. The number of aryl methyl sites for hydroxylation is 1. The zero-order chi connectivity index (χ0) is 23.1. The maximum absolute atomic E-state index is 12.3. The van der Waals surface area contributed by atoms with Gasteiger partial charge in [-0.3, -0.25) is 9.59 Å². The molecule has 0 aliphatic rings. The molecular formula is C24H20ClN3O4. The minimum absolute atomic E-state index is 0.376. The predicted molar refractivity (Wildman–Crippen MR) is 123 cm³/mol. The van der Waals surface area contributed by atoms with Crippen LogP contribution in [0.5, 0.6) is 5.75 Å². The number of benzene rings is 3. The van der Waals surface area contributed by atoms with Crippen LogP contribution in [-0.4, -0.2) is 23.5 Å². The lowest BCUT2D eigenvalue weighted by Crippen LogP contribution is -2.32. The van der Waals surface area contributed by atoms with Crippen LogP contribution < -0.4 is 15.5 Å². The third kappa shape index (κ3) is 6.02. The zero-order valence-electron chi connectivity index (χ0n) is 17.4. The number of ether oxygens (including phenoxy) is 1. The summed E-state index contributed by atoms with van der Waals surface area (Å²) in [5.74, 6) is -1.84. The Kier molecular flexibility index (Phi) is 7.36. The minimum Gasteiger partial charge on any atom is -0.423 e. The highest BCUT2D eigenvalue weighted by atomic mass is 35.5. The second-order valence-electron chi connectivity index (χ2n) is 6.83. The first-order valence-electron chi connectivity index (χ1n) is 9.63. The van der Waals surface area contributed by atoms with E-state index in [1.807, 2.05) is 19.1 Å². The number of nitrogens with zero attached hydrogens (tertiary/aromatic N) is 1. The molecule has 32 heavy (non-hydrogen) atoms. The summed E-state index contributed by atoms with van der Waals surface area (Å²) < 4.78 is 5.40. The number of carbonyl (C=O) groups is 3. The van der Waals surface area contributed by atoms with Crippen LogP contribution in [0.3, 0.4) is 0 Å². The molecule has 0 aromatic heterocycles. The van der Waals surface area contributed by atoms with E-state index >= 15 is 0 Å². The molecule has 0 atom stereocenters. The third-order valence-electron chi connectivity index (χ3n) is 4.48. The molecule has 0 aliphatic heterocycles.